The second kappa shape index (κ2) is 8.24. The Morgan fingerprint density at radius 3 is 2.52 bits per heavy atom. The van der Waals surface area contributed by atoms with Crippen LogP contribution in [0.1, 0.15) is 28.4 Å². The van der Waals surface area contributed by atoms with Gasteiger partial charge >= 0.3 is 0 Å². The van der Waals surface area contributed by atoms with Crippen LogP contribution in [0, 0.1) is 20.8 Å². The molecule has 1 aliphatic rings. The van der Waals surface area contributed by atoms with Crippen LogP contribution >= 0.6 is 0 Å². The highest BCUT2D eigenvalue weighted by Crippen LogP contribution is 2.35. The predicted octanol–water partition coefficient (Wildman–Crippen LogP) is 3.74. The van der Waals surface area contributed by atoms with Crippen molar-refractivity contribution >= 4 is 15.7 Å². The average Bonchev–Trinajstić information content (AvgIpc) is 2.63. The number of nitrogens with zero attached hydrogens (tertiary/aromatic N) is 3. The third-order valence-corrected chi connectivity index (χ3v) is 5.57. The summed E-state index contributed by atoms with van der Waals surface area (Å²) < 4.78 is 37.6. The highest BCUT2D eigenvalue weighted by Gasteiger charge is 2.22. The lowest BCUT2D eigenvalue weighted by Crippen LogP contribution is -2.25. The van der Waals surface area contributed by atoms with E-state index in [9.17, 15) is 8.42 Å². The molecule has 31 heavy (non-hydrogen) atoms. The Bertz CT molecular complexity index is 1220. The third kappa shape index (κ3) is 4.83. The van der Waals surface area contributed by atoms with Gasteiger partial charge in [-0.3, -0.25) is 14.7 Å². The van der Waals surface area contributed by atoms with Crippen LogP contribution in [0.2, 0.25) is 0 Å². The Labute approximate surface area is 181 Å². The molecule has 1 N–H and O–H groups in total. The van der Waals surface area contributed by atoms with Crippen LogP contribution in [0.5, 0.6) is 11.6 Å². The van der Waals surface area contributed by atoms with E-state index in [-0.39, 0.29) is 11.6 Å². The van der Waals surface area contributed by atoms with Crippen molar-refractivity contribution in [3.05, 3.63) is 59.2 Å². The van der Waals surface area contributed by atoms with Gasteiger partial charge in [0.05, 0.1) is 30.9 Å². The van der Waals surface area contributed by atoms with Gasteiger partial charge in [-0.1, -0.05) is 0 Å². The van der Waals surface area contributed by atoms with Gasteiger partial charge in [-0.2, -0.15) is 0 Å². The summed E-state index contributed by atoms with van der Waals surface area (Å²) in [5, 5.41) is 0. The monoisotopic (exact) mass is 440 g/mol. The quantitative estimate of drug-likeness (QED) is 0.623. The van der Waals surface area contributed by atoms with E-state index >= 15 is 0 Å². The lowest BCUT2D eigenvalue weighted by Gasteiger charge is -2.26. The van der Waals surface area contributed by atoms with E-state index < -0.39 is 10.0 Å². The normalized spacial score (nSPS) is 14.2. The number of hydrogen-bond donors (Lipinski definition) is 1. The lowest BCUT2D eigenvalue weighted by molar-refractivity contribution is 0.00831. The molecule has 8 nitrogen and oxygen atoms in total. The fraction of sp³-hybridized carbons (Fsp3) is 0.318. The highest BCUT2D eigenvalue weighted by molar-refractivity contribution is 7.92. The minimum Gasteiger partial charge on any atom is -0.435 e. The first kappa shape index (κ1) is 21.2. The summed E-state index contributed by atoms with van der Waals surface area (Å²) in [5.74, 6) is 1.03. The molecule has 0 atom stereocenters. The summed E-state index contributed by atoms with van der Waals surface area (Å²) in [6.45, 7) is 7.04. The highest BCUT2D eigenvalue weighted by atomic mass is 32.2. The predicted molar refractivity (Wildman–Crippen MR) is 118 cm³/mol. The minimum atomic E-state index is -3.52. The number of aryl methyl sites for hydroxylation is 3. The third-order valence-electron chi connectivity index (χ3n) is 4.98. The fourth-order valence-corrected chi connectivity index (χ4v) is 4.02. The molecule has 3 aromatic heterocycles. The first-order valence-electron chi connectivity index (χ1n) is 9.84. The van der Waals surface area contributed by atoms with Crippen LogP contribution in [-0.2, 0) is 14.8 Å². The molecule has 9 heteroatoms. The molecule has 0 aliphatic carbocycles. The number of aromatic nitrogens is 3. The molecule has 1 fully saturated rings. The molecule has 0 amide bonds. The Balaban J connectivity index is 1.76. The van der Waals surface area contributed by atoms with E-state index in [2.05, 4.69) is 19.7 Å². The maximum absolute atomic E-state index is 11.9. The van der Waals surface area contributed by atoms with Gasteiger partial charge in [0.25, 0.3) is 0 Å². The van der Waals surface area contributed by atoms with Gasteiger partial charge in [0, 0.05) is 29.6 Å². The minimum absolute atomic E-state index is 0.150. The van der Waals surface area contributed by atoms with Crippen molar-refractivity contribution in [1.29, 1.82) is 0 Å². The zero-order valence-electron chi connectivity index (χ0n) is 17.8. The summed E-state index contributed by atoms with van der Waals surface area (Å²) in [6.07, 6.45) is 4.64. The number of pyridine rings is 3. The smallest absolute Gasteiger partial charge is 0.244 e. The first-order valence-corrected chi connectivity index (χ1v) is 11.7. The van der Waals surface area contributed by atoms with E-state index in [1.165, 1.54) is 0 Å². The molecular weight excluding hydrogens is 416 g/mol. The van der Waals surface area contributed by atoms with Crippen LogP contribution in [-0.4, -0.2) is 42.8 Å². The van der Waals surface area contributed by atoms with Crippen molar-refractivity contribution in [3.63, 3.8) is 0 Å². The fourth-order valence-electron chi connectivity index (χ4n) is 3.47. The van der Waals surface area contributed by atoms with Gasteiger partial charge in [0.1, 0.15) is 5.69 Å². The van der Waals surface area contributed by atoms with E-state index in [1.54, 1.807) is 18.3 Å². The van der Waals surface area contributed by atoms with Crippen molar-refractivity contribution < 1.29 is 17.9 Å². The second-order valence-electron chi connectivity index (χ2n) is 7.76. The second-order valence-corrected chi connectivity index (χ2v) is 9.51. The van der Waals surface area contributed by atoms with Gasteiger partial charge in [-0.25, -0.2) is 13.4 Å². The molecular formula is C22H24N4O4S. The largest absolute Gasteiger partial charge is 0.435 e. The lowest BCUT2D eigenvalue weighted by atomic mass is 9.97. The average molecular weight is 441 g/mol. The molecule has 0 spiro atoms. The molecule has 0 bridgehead atoms. The molecule has 162 valence electrons. The van der Waals surface area contributed by atoms with Crippen molar-refractivity contribution in [2.75, 3.05) is 24.2 Å². The van der Waals surface area contributed by atoms with Crippen LogP contribution in [0.3, 0.4) is 0 Å². The Kier molecular flexibility index (Phi) is 5.63. The van der Waals surface area contributed by atoms with Gasteiger partial charge < -0.3 is 9.47 Å². The van der Waals surface area contributed by atoms with Crippen LogP contribution in [0.4, 0.5) is 5.69 Å². The van der Waals surface area contributed by atoms with Crippen LogP contribution in [0.25, 0.3) is 11.3 Å². The zero-order valence-corrected chi connectivity index (χ0v) is 18.7. The molecule has 0 radical (unpaired) electrons. The van der Waals surface area contributed by atoms with E-state index in [4.69, 9.17) is 9.47 Å². The first-order chi connectivity index (χ1) is 14.7. The summed E-state index contributed by atoms with van der Waals surface area (Å²) in [5.41, 5.74) is 5.23. The van der Waals surface area contributed by atoms with Crippen molar-refractivity contribution in [1.82, 2.24) is 15.0 Å². The molecule has 0 aromatic carbocycles. The number of ether oxygens (including phenoxy) is 2. The molecule has 0 unspecified atom stereocenters. The van der Waals surface area contributed by atoms with Gasteiger partial charge in [0.15, 0.2) is 5.75 Å². The van der Waals surface area contributed by atoms with Crippen molar-refractivity contribution in [2.45, 2.75) is 26.7 Å². The number of anilines is 1. The molecule has 0 saturated carbocycles. The standard InChI is InChI=1S/C22H24N4O4S/c1-13-7-14(2)24-15(3)21(13)30-22-20(26-31(4,27)28)6-5-19(25-22)17-8-16(9-23-10-17)18-11-29-12-18/h5-10,18,26H,11-12H2,1-4H3. The SMILES string of the molecule is Cc1cc(C)c(Oc2nc(-c3cncc(C4COC4)c3)ccc2NS(C)(=O)=O)c(C)n1. The topological polar surface area (TPSA) is 103 Å². The number of nitrogens with one attached hydrogen (secondary N) is 1. The summed E-state index contributed by atoms with van der Waals surface area (Å²) in [6, 6.07) is 7.32. The van der Waals surface area contributed by atoms with Crippen LogP contribution < -0.4 is 9.46 Å². The number of rotatable bonds is 6. The van der Waals surface area contributed by atoms with Gasteiger partial charge in [-0.15, -0.1) is 0 Å². The summed E-state index contributed by atoms with van der Waals surface area (Å²) >= 11 is 0. The Morgan fingerprint density at radius 2 is 1.87 bits per heavy atom. The Morgan fingerprint density at radius 1 is 1.10 bits per heavy atom. The van der Waals surface area contributed by atoms with E-state index in [1.807, 2.05) is 39.1 Å². The van der Waals surface area contributed by atoms with E-state index in [0.717, 1.165) is 28.6 Å². The summed E-state index contributed by atoms with van der Waals surface area (Å²) in [4.78, 5) is 13.4. The Hall–Kier alpha value is -3.04. The number of hydrogen-bond acceptors (Lipinski definition) is 7. The molecule has 1 saturated heterocycles. The maximum Gasteiger partial charge on any atom is 0.244 e. The number of sulfonamides is 1. The molecule has 4 heterocycles. The molecule has 3 aromatic rings. The van der Waals surface area contributed by atoms with Crippen LogP contribution in [0.15, 0.2) is 36.7 Å². The van der Waals surface area contributed by atoms with Gasteiger partial charge in [0.2, 0.25) is 15.9 Å². The summed E-state index contributed by atoms with van der Waals surface area (Å²) in [7, 11) is -3.52. The van der Waals surface area contributed by atoms with Crippen molar-refractivity contribution in [2.24, 2.45) is 0 Å². The maximum atomic E-state index is 11.9. The molecule has 4 rings (SSSR count). The molecule has 1 aliphatic heterocycles. The van der Waals surface area contributed by atoms with Gasteiger partial charge in [-0.05, 0) is 56.2 Å². The van der Waals surface area contributed by atoms with E-state index in [0.29, 0.717) is 36.3 Å². The zero-order chi connectivity index (χ0) is 22.2. The van der Waals surface area contributed by atoms with Crippen molar-refractivity contribution in [3.8, 4) is 22.9 Å².